The largest absolute Gasteiger partial charge is 0.507 e. The summed E-state index contributed by atoms with van der Waals surface area (Å²) in [5.74, 6) is -9.86. The van der Waals surface area contributed by atoms with Crippen LogP contribution in [-0.2, 0) is 4.79 Å². The first kappa shape index (κ1) is 52.9. The third-order valence-electron chi connectivity index (χ3n) is 16.0. The van der Waals surface area contributed by atoms with E-state index in [2.05, 4.69) is 0 Å². The zero-order valence-electron chi connectivity index (χ0n) is 44.1. The number of phenols is 11. The van der Waals surface area contributed by atoms with Crippen molar-refractivity contribution >= 4 is 71.6 Å². The minimum Gasteiger partial charge on any atom is -0.507 e. The van der Waals surface area contributed by atoms with E-state index >= 15 is 0 Å². The third kappa shape index (κ3) is 7.58. The van der Waals surface area contributed by atoms with E-state index in [1.807, 2.05) is 0 Å². The lowest BCUT2D eigenvalue weighted by Gasteiger charge is -2.29. The number of esters is 1. The Balaban J connectivity index is 0.000000170. The molecule has 0 saturated heterocycles. The van der Waals surface area contributed by atoms with Gasteiger partial charge in [0.25, 0.3) is 0 Å². The number of hydrogen-bond acceptors (Lipinski definition) is 21. The van der Waals surface area contributed by atoms with Gasteiger partial charge >= 0.3 is 5.97 Å². The Bertz CT molecular complexity index is 4440. The number of rotatable bonds is 2. The van der Waals surface area contributed by atoms with Crippen LogP contribution in [0.3, 0.4) is 0 Å². The Kier molecular flexibility index (Phi) is 11.9. The van der Waals surface area contributed by atoms with E-state index in [4.69, 9.17) is 23.4 Å². The summed E-state index contributed by atoms with van der Waals surface area (Å²) in [5, 5.41) is 131. The van der Waals surface area contributed by atoms with Crippen LogP contribution in [0, 0.1) is 31.6 Å². The lowest BCUT2D eigenvalue weighted by atomic mass is 9.86. The van der Waals surface area contributed by atoms with Gasteiger partial charge in [-0.25, -0.2) is 0 Å². The van der Waals surface area contributed by atoms with Gasteiger partial charge in [-0.15, -0.1) is 0 Å². The summed E-state index contributed by atoms with van der Waals surface area (Å²) in [5.41, 5.74) is -1.27. The molecule has 0 saturated carbocycles. The molecule has 21 nitrogen and oxygen atoms in total. The summed E-state index contributed by atoms with van der Waals surface area (Å²) >= 11 is 0. The van der Waals surface area contributed by atoms with Crippen LogP contribution in [0.4, 0.5) is 0 Å². The molecule has 0 aliphatic carbocycles. The normalized spacial score (nSPS) is 19.5. The van der Waals surface area contributed by atoms with Crippen molar-refractivity contribution in [1.82, 2.24) is 0 Å². The molecule has 0 spiro atoms. The van der Waals surface area contributed by atoms with Gasteiger partial charge in [-0.3, -0.25) is 19.2 Å². The van der Waals surface area contributed by atoms with Crippen molar-refractivity contribution in [2.45, 2.75) is 73.7 Å². The maximum Gasteiger partial charge on any atom is 0.318 e. The first-order valence-corrected chi connectivity index (χ1v) is 25.3. The number of phenolic OH excluding ortho intramolecular Hbond substituents is 11. The topological polar surface area (TPSA) is 361 Å². The zero-order valence-corrected chi connectivity index (χ0v) is 44.1. The smallest absolute Gasteiger partial charge is 0.318 e. The zero-order chi connectivity index (χ0) is 58.6. The molecule has 3 aliphatic heterocycles. The number of ketones is 2. The fourth-order valence-electron chi connectivity index (χ4n) is 11.0. The molecule has 0 radical (unpaired) electrons. The molecule has 12 rings (SSSR count). The van der Waals surface area contributed by atoms with Crippen molar-refractivity contribution in [3.05, 3.63) is 81.2 Å². The molecule has 416 valence electrons. The van der Waals surface area contributed by atoms with E-state index in [0.29, 0.717) is 11.3 Å². The van der Waals surface area contributed by atoms with Gasteiger partial charge < -0.3 is 84.6 Å². The molecule has 0 fully saturated rings. The second kappa shape index (κ2) is 18.2. The van der Waals surface area contributed by atoms with Crippen molar-refractivity contribution in [1.29, 1.82) is 0 Å². The molecule has 8 aromatic carbocycles. The molecule has 81 heavy (non-hydrogen) atoms. The fraction of sp³-hybridized carbons (Fsp3) is 0.233. The first-order chi connectivity index (χ1) is 38.1. The monoisotopic (exact) mass is 1110 g/mol. The number of fused-ring (bicyclic) bond motifs is 8. The molecule has 0 amide bonds. The molecule has 9 aromatic rings. The number of aryl methyl sites for hydroxylation is 1. The van der Waals surface area contributed by atoms with Gasteiger partial charge in [-0.1, -0.05) is 13.8 Å². The highest BCUT2D eigenvalue weighted by atomic mass is 16.6. The van der Waals surface area contributed by atoms with Crippen LogP contribution in [0.5, 0.6) is 92.0 Å². The van der Waals surface area contributed by atoms with Crippen LogP contribution in [-0.4, -0.2) is 97.1 Å². The molecule has 1 aromatic heterocycles. The Morgan fingerprint density at radius 2 is 0.753 bits per heavy atom. The number of carbonyl (C=O) groups excluding carboxylic acids is 3. The van der Waals surface area contributed by atoms with E-state index in [-0.39, 0.29) is 116 Å². The predicted octanol–water partition coefficient (Wildman–Crippen LogP) is 10.0. The maximum absolute atomic E-state index is 13.4. The van der Waals surface area contributed by atoms with E-state index in [9.17, 15) is 80.5 Å². The average Bonchev–Trinajstić information content (AvgIpc) is 2.04. The lowest BCUT2D eigenvalue weighted by Crippen LogP contribution is -2.33. The third-order valence-corrected chi connectivity index (χ3v) is 16.0. The van der Waals surface area contributed by atoms with Gasteiger partial charge in [0.2, 0.25) is 5.75 Å². The minimum atomic E-state index is -0.768. The van der Waals surface area contributed by atoms with Crippen molar-refractivity contribution < 1.29 is 99.0 Å². The molecular weight excluding hydrogens is 1060 g/mol. The summed E-state index contributed by atoms with van der Waals surface area (Å²) < 4.78 is 28.8. The highest BCUT2D eigenvalue weighted by molar-refractivity contribution is 6.21. The molecule has 6 unspecified atom stereocenters. The maximum atomic E-state index is 13.4. The van der Waals surface area contributed by atoms with Crippen LogP contribution in [0.25, 0.3) is 76.3 Å². The first-order valence-electron chi connectivity index (χ1n) is 25.3. The lowest BCUT2D eigenvalue weighted by molar-refractivity contribution is -0.139. The second-order valence-electron chi connectivity index (χ2n) is 20.8. The average molecular weight is 1110 g/mol. The van der Waals surface area contributed by atoms with Crippen LogP contribution in [0.15, 0.2) is 57.7 Å². The minimum absolute atomic E-state index is 0.000591. The number of ether oxygens (including phenoxy) is 4. The standard InChI is InChI=1S/C30H26O11.C30H24O10/c1-9-11(3)39-19-5-13-21(15(31)7-17(33)23(13)27(36)25(19)26(9)35)22-14-6-20-29(41-30(38)10(2)12(4)40-20)28(37)24(14)18(34)8-16(22)32;1-9-11(3)39-19-5-13-21(15(31)7-17(33)23(13)29(37)25(19)27(9)35)22-14-6-20-26(28(36)10(2)12(4)40-20)30(38)24(14)18(34)8-16(22)32/h5-12,31-34,36-37H,1-4H3;5-9,11,31,33-34,36-38H,1-4H3. The quantitative estimate of drug-likeness (QED) is 0.0435. The van der Waals surface area contributed by atoms with Gasteiger partial charge in [0.05, 0.1) is 39.3 Å². The Hall–Kier alpha value is -10.2. The fourth-order valence-corrected chi connectivity index (χ4v) is 11.0. The van der Waals surface area contributed by atoms with Crippen LogP contribution >= 0.6 is 0 Å². The van der Waals surface area contributed by atoms with Crippen molar-refractivity contribution in [3.8, 4) is 114 Å². The molecule has 6 atom stereocenters. The van der Waals surface area contributed by atoms with Gasteiger partial charge in [0, 0.05) is 73.6 Å². The molecule has 0 bridgehead atoms. The highest BCUT2D eigenvalue weighted by Crippen LogP contribution is 2.58. The van der Waals surface area contributed by atoms with E-state index < -0.39 is 122 Å². The van der Waals surface area contributed by atoms with Crippen LogP contribution < -0.4 is 24.4 Å². The molecule has 3 aliphatic rings. The van der Waals surface area contributed by atoms with E-state index in [0.717, 1.165) is 24.3 Å². The molecule has 4 heterocycles. The Morgan fingerprint density at radius 1 is 0.370 bits per heavy atom. The van der Waals surface area contributed by atoms with E-state index in [1.165, 1.54) is 24.3 Å². The van der Waals surface area contributed by atoms with Crippen molar-refractivity contribution in [2.24, 2.45) is 17.8 Å². The number of hydrogen-bond donors (Lipinski definition) is 12. The predicted molar refractivity (Wildman–Crippen MR) is 291 cm³/mol. The van der Waals surface area contributed by atoms with Crippen molar-refractivity contribution in [2.75, 3.05) is 0 Å². The van der Waals surface area contributed by atoms with Gasteiger partial charge in [-0.2, -0.15) is 0 Å². The summed E-state index contributed by atoms with van der Waals surface area (Å²) in [6.07, 6.45) is -1.75. The number of aromatic hydroxyl groups is 12. The summed E-state index contributed by atoms with van der Waals surface area (Å²) in [7, 11) is 0. The van der Waals surface area contributed by atoms with Gasteiger partial charge in [-0.05, 0) is 65.8 Å². The number of Topliss-reactive ketones (excluding diaryl/α,β-unsaturated/α-hetero) is 2. The van der Waals surface area contributed by atoms with Crippen LogP contribution in [0.2, 0.25) is 0 Å². The molecular formula is C60H50O21. The Labute approximate surface area is 456 Å². The summed E-state index contributed by atoms with van der Waals surface area (Å²) in [4.78, 5) is 52.0. The highest BCUT2D eigenvalue weighted by Gasteiger charge is 2.39. The molecule has 12 N–H and O–H groups in total. The molecule has 21 heteroatoms. The Morgan fingerprint density at radius 3 is 1.23 bits per heavy atom. The van der Waals surface area contributed by atoms with Gasteiger partial charge in [0.15, 0.2) is 28.5 Å². The second-order valence-corrected chi connectivity index (χ2v) is 20.8. The van der Waals surface area contributed by atoms with E-state index in [1.54, 1.807) is 55.4 Å². The summed E-state index contributed by atoms with van der Waals surface area (Å²) in [6, 6.07) is 9.02. The number of carbonyl (C=O) groups is 3. The SMILES string of the molecule is CC1Oc2cc3c(-c4c(O)cc(O)c5c(O)c6c(cc45)OC(C)C(C)C6=O)c(O)cc(O)c3c(O)c2OC(=O)C1C.Cc1oc2cc3c(-c4c(O)cc(O)c5c(O)c6c(cc45)OC(C)C(C)C6=O)c(=O)cc(O)c3c(O)c2c(O)c1C. The van der Waals surface area contributed by atoms with Crippen LogP contribution in [0.1, 0.15) is 73.6 Å². The number of benzene rings is 8. The van der Waals surface area contributed by atoms with Gasteiger partial charge in [0.1, 0.15) is 121 Å². The summed E-state index contributed by atoms with van der Waals surface area (Å²) in [6.45, 7) is 13.1. The van der Waals surface area contributed by atoms with Crippen molar-refractivity contribution in [3.63, 3.8) is 0 Å².